The van der Waals surface area contributed by atoms with Crippen LogP contribution in [0.3, 0.4) is 0 Å². The van der Waals surface area contributed by atoms with Crippen molar-refractivity contribution in [3.8, 4) is 6.07 Å². The highest BCUT2D eigenvalue weighted by Gasteiger charge is 2.21. The third-order valence-electron chi connectivity index (χ3n) is 3.70. The number of rotatable bonds is 3. The maximum Gasteiger partial charge on any atom is 0.134 e. The van der Waals surface area contributed by atoms with Crippen molar-refractivity contribution in [3.05, 3.63) is 12.4 Å². The van der Waals surface area contributed by atoms with E-state index in [2.05, 4.69) is 39.7 Å². The molecule has 0 spiro atoms. The molecular weight excluding hydrogens is 238 g/mol. The summed E-state index contributed by atoms with van der Waals surface area (Å²) < 4.78 is 0. The molecule has 1 saturated heterocycles. The van der Waals surface area contributed by atoms with Crippen molar-refractivity contribution in [2.75, 3.05) is 29.9 Å². The number of nitrogens with zero attached hydrogens (tertiary/aromatic N) is 5. The molecule has 2 rings (SSSR count). The van der Waals surface area contributed by atoms with Crippen LogP contribution in [0.2, 0.25) is 0 Å². The molecule has 1 aliphatic heterocycles. The average Bonchev–Trinajstić information content (AvgIpc) is 2.46. The van der Waals surface area contributed by atoms with Gasteiger partial charge in [0.15, 0.2) is 0 Å². The quantitative estimate of drug-likeness (QED) is 0.831. The van der Waals surface area contributed by atoms with E-state index in [9.17, 15) is 0 Å². The van der Waals surface area contributed by atoms with Crippen molar-refractivity contribution in [1.82, 2.24) is 9.97 Å². The van der Waals surface area contributed by atoms with Gasteiger partial charge in [-0.05, 0) is 26.7 Å². The summed E-state index contributed by atoms with van der Waals surface area (Å²) in [6.07, 6.45) is 3.66. The van der Waals surface area contributed by atoms with E-state index < -0.39 is 0 Å². The number of hydrogen-bond donors (Lipinski definition) is 0. The van der Waals surface area contributed by atoms with Crippen molar-refractivity contribution in [2.24, 2.45) is 5.92 Å². The summed E-state index contributed by atoms with van der Waals surface area (Å²) in [6, 6.07) is 4.78. The molecule has 0 bridgehead atoms. The van der Waals surface area contributed by atoms with Crippen LogP contribution in [0.25, 0.3) is 0 Å². The number of nitriles is 1. The Morgan fingerprint density at radius 1 is 1.47 bits per heavy atom. The first-order valence-electron chi connectivity index (χ1n) is 6.81. The minimum atomic E-state index is 0.120. The SMILES string of the molecule is CC(C)N(C)c1cc(N2CCCC(C#N)C2)ncn1. The van der Waals surface area contributed by atoms with Crippen molar-refractivity contribution in [1.29, 1.82) is 5.26 Å². The molecule has 0 amide bonds. The highest BCUT2D eigenvalue weighted by Crippen LogP contribution is 2.23. The smallest absolute Gasteiger partial charge is 0.134 e. The molecule has 1 aromatic rings. The van der Waals surface area contributed by atoms with Crippen LogP contribution in [0, 0.1) is 17.2 Å². The lowest BCUT2D eigenvalue weighted by Gasteiger charge is -2.31. The van der Waals surface area contributed by atoms with E-state index in [-0.39, 0.29) is 5.92 Å². The molecule has 0 N–H and O–H groups in total. The number of hydrogen-bond acceptors (Lipinski definition) is 5. The maximum absolute atomic E-state index is 9.05. The minimum absolute atomic E-state index is 0.120. The molecule has 2 heterocycles. The zero-order valence-corrected chi connectivity index (χ0v) is 11.9. The van der Waals surface area contributed by atoms with Gasteiger partial charge in [-0.15, -0.1) is 0 Å². The molecule has 1 unspecified atom stereocenters. The lowest BCUT2D eigenvalue weighted by atomic mass is 10.00. The van der Waals surface area contributed by atoms with E-state index >= 15 is 0 Å². The number of aromatic nitrogens is 2. The molecule has 102 valence electrons. The van der Waals surface area contributed by atoms with Crippen molar-refractivity contribution >= 4 is 11.6 Å². The molecule has 0 aromatic carbocycles. The van der Waals surface area contributed by atoms with Gasteiger partial charge in [0.1, 0.15) is 18.0 Å². The Hall–Kier alpha value is -1.83. The second-order valence-corrected chi connectivity index (χ2v) is 5.35. The molecular formula is C14H21N5. The first kappa shape index (κ1) is 13.6. The van der Waals surface area contributed by atoms with Crippen LogP contribution in [0.1, 0.15) is 26.7 Å². The van der Waals surface area contributed by atoms with Gasteiger partial charge < -0.3 is 9.80 Å². The van der Waals surface area contributed by atoms with Gasteiger partial charge in [0, 0.05) is 32.2 Å². The molecule has 1 atom stereocenters. The Kier molecular flexibility index (Phi) is 4.20. The van der Waals surface area contributed by atoms with Crippen LogP contribution < -0.4 is 9.80 Å². The Morgan fingerprint density at radius 2 is 2.26 bits per heavy atom. The summed E-state index contributed by atoms with van der Waals surface area (Å²) in [5.41, 5.74) is 0. The first-order chi connectivity index (χ1) is 9.11. The normalized spacial score (nSPS) is 19.3. The Labute approximate surface area is 114 Å². The summed E-state index contributed by atoms with van der Waals surface area (Å²) in [4.78, 5) is 13.0. The fourth-order valence-corrected chi connectivity index (χ4v) is 2.26. The monoisotopic (exact) mass is 259 g/mol. The molecule has 5 heteroatoms. The number of piperidine rings is 1. The van der Waals surface area contributed by atoms with E-state index in [1.807, 2.05) is 13.1 Å². The van der Waals surface area contributed by atoms with Gasteiger partial charge in [-0.3, -0.25) is 0 Å². The lowest BCUT2D eigenvalue weighted by molar-refractivity contribution is 0.490. The molecule has 1 aromatic heterocycles. The average molecular weight is 259 g/mol. The third kappa shape index (κ3) is 3.14. The fourth-order valence-electron chi connectivity index (χ4n) is 2.26. The van der Waals surface area contributed by atoms with Gasteiger partial charge in [0.2, 0.25) is 0 Å². The summed E-state index contributed by atoms with van der Waals surface area (Å²) in [5, 5.41) is 9.05. The van der Waals surface area contributed by atoms with Crippen molar-refractivity contribution in [2.45, 2.75) is 32.7 Å². The van der Waals surface area contributed by atoms with E-state index in [1.54, 1.807) is 6.33 Å². The minimum Gasteiger partial charge on any atom is -0.357 e. The van der Waals surface area contributed by atoms with Crippen molar-refractivity contribution in [3.63, 3.8) is 0 Å². The van der Waals surface area contributed by atoms with Gasteiger partial charge in [-0.2, -0.15) is 5.26 Å². The van der Waals surface area contributed by atoms with Gasteiger partial charge in [-0.25, -0.2) is 9.97 Å². The zero-order chi connectivity index (χ0) is 13.8. The summed E-state index contributed by atoms with van der Waals surface area (Å²) in [7, 11) is 2.03. The van der Waals surface area contributed by atoms with Crippen molar-refractivity contribution < 1.29 is 0 Å². The third-order valence-corrected chi connectivity index (χ3v) is 3.70. The van der Waals surface area contributed by atoms with E-state index in [1.165, 1.54) is 0 Å². The largest absolute Gasteiger partial charge is 0.357 e. The molecule has 1 aliphatic rings. The van der Waals surface area contributed by atoms with Crippen LogP contribution in [0.15, 0.2) is 12.4 Å². The maximum atomic E-state index is 9.05. The highest BCUT2D eigenvalue weighted by molar-refractivity contribution is 5.50. The molecule has 0 radical (unpaired) electrons. The Balaban J connectivity index is 2.17. The van der Waals surface area contributed by atoms with Crippen LogP contribution in [0.5, 0.6) is 0 Å². The second-order valence-electron chi connectivity index (χ2n) is 5.35. The predicted octanol–water partition coefficient (Wildman–Crippen LogP) is 2.06. The standard InChI is InChI=1S/C14H21N5/c1-11(2)18(3)13-7-14(17-10-16-13)19-6-4-5-12(8-15)9-19/h7,10-12H,4-6,9H2,1-3H3. The van der Waals surface area contributed by atoms with E-state index in [0.717, 1.165) is 37.6 Å². The molecule has 0 aliphatic carbocycles. The lowest BCUT2D eigenvalue weighted by Crippen LogP contribution is -2.35. The van der Waals surface area contributed by atoms with Crippen LogP contribution in [-0.2, 0) is 0 Å². The first-order valence-corrected chi connectivity index (χ1v) is 6.81. The topological polar surface area (TPSA) is 56.0 Å². The summed E-state index contributed by atoms with van der Waals surface area (Å²) >= 11 is 0. The summed E-state index contributed by atoms with van der Waals surface area (Å²) in [6.45, 7) is 6.02. The Morgan fingerprint density at radius 3 is 2.95 bits per heavy atom. The fraction of sp³-hybridized carbons (Fsp3) is 0.643. The van der Waals surface area contributed by atoms with Crippen LogP contribution in [-0.4, -0.2) is 36.1 Å². The Bertz CT molecular complexity index is 465. The van der Waals surface area contributed by atoms with Gasteiger partial charge in [-0.1, -0.05) is 0 Å². The second kappa shape index (κ2) is 5.87. The van der Waals surface area contributed by atoms with E-state index in [0.29, 0.717) is 6.04 Å². The predicted molar refractivity (Wildman–Crippen MR) is 76.1 cm³/mol. The zero-order valence-electron chi connectivity index (χ0n) is 11.9. The molecule has 5 nitrogen and oxygen atoms in total. The molecule has 1 fully saturated rings. The van der Waals surface area contributed by atoms with Crippen LogP contribution >= 0.6 is 0 Å². The highest BCUT2D eigenvalue weighted by atomic mass is 15.2. The van der Waals surface area contributed by atoms with Gasteiger partial charge >= 0.3 is 0 Å². The van der Waals surface area contributed by atoms with Gasteiger partial charge in [0.25, 0.3) is 0 Å². The van der Waals surface area contributed by atoms with E-state index in [4.69, 9.17) is 5.26 Å². The molecule has 0 saturated carbocycles. The summed E-state index contributed by atoms with van der Waals surface area (Å²) in [5.74, 6) is 1.98. The molecule has 19 heavy (non-hydrogen) atoms. The van der Waals surface area contributed by atoms with Gasteiger partial charge in [0.05, 0.1) is 12.0 Å². The number of anilines is 2. The van der Waals surface area contributed by atoms with Crippen LogP contribution in [0.4, 0.5) is 11.6 Å².